The Hall–Kier alpha value is -1.54. The SMILES string of the molecule is CC(N)=NCC#CCC(C)(N)C(=O)O. The highest BCUT2D eigenvalue weighted by atomic mass is 16.4. The first-order valence-corrected chi connectivity index (χ1v) is 4.11. The van der Waals surface area contributed by atoms with Crippen molar-refractivity contribution in [3.8, 4) is 11.8 Å². The van der Waals surface area contributed by atoms with Gasteiger partial charge in [-0.3, -0.25) is 9.79 Å². The van der Waals surface area contributed by atoms with Crippen molar-refractivity contribution in [2.24, 2.45) is 16.5 Å². The second-order valence-electron chi connectivity index (χ2n) is 3.21. The van der Waals surface area contributed by atoms with Crippen LogP contribution in [0, 0.1) is 11.8 Å². The monoisotopic (exact) mass is 197 g/mol. The van der Waals surface area contributed by atoms with Gasteiger partial charge in [0.05, 0.1) is 5.84 Å². The fourth-order valence-corrected chi connectivity index (χ4v) is 0.542. The largest absolute Gasteiger partial charge is 0.480 e. The number of carbonyl (C=O) groups is 1. The van der Waals surface area contributed by atoms with Gasteiger partial charge in [-0.05, 0) is 13.8 Å². The molecule has 0 bridgehead atoms. The van der Waals surface area contributed by atoms with Crippen molar-refractivity contribution in [2.45, 2.75) is 25.8 Å². The highest BCUT2D eigenvalue weighted by Crippen LogP contribution is 2.03. The summed E-state index contributed by atoms with van der Waals surface area (Å²) in [5.41, 5.74) is 9.41. The van der Waals surface area contributed by atoms with Crippen LogP contribution in [0.2, 0.25) is 0 Å². The van der Waals surface area contributed by atoms with Crippen LogP contribution in [0.5, 0.6) is 0 Å². The molecule has 0 aromatic carbocycles. The third kappa shape index (κ3) is 5.17. The molecule has 5 N–H and O–H groups in total. The number of aliphatic carboxylic acids is 1. The number of nitrogens with two attached hydrogens (primary N) is 2. The normalized spacial score (nSPS) is 15.2. The molecule has 78 valence electrons. The van der Waals surface area contributed by atoms with E-state index in [0.29, 0.717) is 5.84 Å². The third-order valence-corrected chi connectivity index (χ3v) is 1.48. The lowest BCUT2D eigenvalue weighted by Crippen LogP contribution is -2.44. The minimum absolute atomic E-state index is 0.0987. The molecule has 0 aliphatic carbocycles. The fourth-order valence-electron chi connectivity index (χ4n) is 0.542. The van der Waals surface area contributed by atoms with Gasteiger partial charge < -0.3 is 16.6 Å². The Balaban J connectivity index is 4.05. The highest BCUT2D eigenvalue weighted by Gasteiger charge is 2.26. The topological polar surface area (TPSA) is 102 Å². The molecule has 0 rings (SSSR count). The third-order valence-electron chi connectivity index (χ3n) is 1.48. The van der Waals surface area contributed by atoms with Crippen LogP contribution in [0.1, 0.15) is 20.3 Å². The van der Waals surface area contributed by atoms with E-state index in [1.807, 2.05) is 0 Å². The van der Waals surface area contributed by atoms with Crippen LogP contribution in [0.15, 0.2) is 4.99 Å². The average molecular weight is 197 g/mol. The Kier molecular flexibility index (Phi) is 4.67. The lowest BCUT2D eigenvalue weighted by atomic mass is 10.0. The summed E-state index contributed by atoms with van der Waals surface area (Å²) in [7, 11) is 0. The summed E-state index contributed by atoms with van der Waals surface area (Å²) in [6.45, 7) is 3.35. The summed E-state index contributed by atoms with van der Waals surface area (Å²) in [6.07, 6.45) is 0.0987. The average Bonchev–Trinajstić information content (AvgIpc) is 2.02. The van der Waals surface area contributed by atoms with Gasteiger partial charge in [0.25, 0.3) is 0 Å². The van der Waals surface area contributed by atoms with E-state index in [1.165, 1.54) is 6.92 Å². The molecule has 0 aliphatic rings. The van der Waals surface area contributed by atoms with Crippen molar-refractivity contribution in [1.82, 2.24) is 0 Å². The van der Waals surface area contributed by atoms with Gasteiger partial charge in [-0.15, -0.1) is 0 Å². The second kappa shape index (κ2) is 5.25. The van der Waals surface area contributed by atoms with Crippen molar-refractivity contribution >= 4 is 11.8 Å². The highest BCUT2D eigenvalue weighted by molar-refractivity contribution is 5.78. The molecule has 0 aromatic heterocycles. The zero-order chi connectivity index (χ0) is 11.2. The summed E-state index contributed by atoms with van der Waals surface area (Å²) in [5, 5.41) is 8.65. The summed E-state index contributed by atoms with van der Waals surface area (Å²) in [6, 6.07) is 0. The van der Waals surface area contributed by atoms with Crippen LogP contribution in [0.25, 0.3) is 0 Å². The number of rotatable bonds is 3. The van der Waals surface area contributed by atoms with E-state index >= 15 is 0 Å². The number of aliphatic imine (C=N–C) groups is 1. The minimum Gasteiger partial charge on any atom is -0.480 e. The number of carboxylic acids is 1. The molecule has 14 heavy (non-hydrogen) atoms. The van der Waals surface area contributed by atoms with E-state index in [2.05, 4.69) is 16.8 Å². The second-order valence-corrected chi connectivity index (χ2v) is 3.21. The van der Waals surface area contributed by atoms with E-state index in [0.717, 1.165) is 0 Å². The molecule has 0 spiro atoms. The van der Waals surface area contributed by atoms with E-state index in [1.54, 1.807) is 6.92 Å². The summed E-state index contributed by atoms with van der Waals surface area (Å²) in [5.74, 6) is 4.70. The maximum atomic E-state index is 10.6. The standard InChI is InChI=1S/C9H15N3O2/c1-7(10)12-6-4-3-5-9(2,11)8(13)14/h5-6,11H2,1-2H3,(H2,10,12)(H,13,14). The Morgan fingerprint density at radius 3 is 2.57 bits per heavy atom. The molecule has 5 heteroatoms. The Morgan fingerprint density at radius 1 is 1.57 bits per heavy atom. The van der Waals surface area contributed by atoms with Crippen LogP contribution >= 0.6 is 0 Å². The summed E-state index contributed by atoms with van der Waals surface area (Å²) >= 11 is 0. The number of hydrogen-bond donors (Lipinski definition) is 3. The number of nitrogens with zero attached hydrogens (tertiary/aromatic N) is 1. The first kappa shape index (κ1) is 12.5. The summed E-state index contributed by atoms with van der Waals surface area (Å²) in [4.78, 5) is 14.4. The molecule has 0 heterocycles. The predicted octanol–water partition coefficient (Wildman–Crippen LogP) is -0.441. The van der Waals surface area contributed by atoms with Gasteiger partial charge in [-0.1, -0.05) is 11.8 Å². The van der Waals surface area contributed by atoms with Crippen LogP contribution in [0.3, 0.4) is 0 Å². The maximum absolute atomic E-state index is 10.6. The quantitative estimate of drug-likeness (QED) is 0.324. The van der Waals surface area contributed by atoms with Gasteiger partial charge in [0.2, 0.25) is 0 Å². The fraction of sp³-hybridized carbons (Fsp3) is 0.556. The number of amidine groups is 1. The van der Waals surface area contributed by atoms with Crippen molar-refractivity contribution in [3.05, 3.63) is 0 Å². The van der Waals surface area contributed by atoms with Gasteiger partial charge in [0.15, 0.2) is 0 Å². The molecule has 0 saturated heterocycles. The van der Waals surface area contributed by atoms with E-state index < -0.39 is 11.5 Å². The molecular formula is C9H15N3O2. The zero-order valence-electron chi connectivity index (χ0n) is 8.37. The van der Waals surface area contributed by atoms with Crippen LogP contribution < -0.4 is 11.5 Å². The molecule has 0 saturated carbocycles. The smallest absolute Gasteiger partial charge is 0.324 e. The minimum atomic E-state index is -1.30. The molecule has 0 aliphatic heterocycles. The molecule has 0 radical (unpaired) electrons. The Labute approximate surface area is 83.2 Å². The number of carboxylic acid groups (broad SMARTS) is 1. The molecule has 1 atom stereocenters. The van der Waals surface area contributed by atoms with Crippen LogP contribution in [-0.2, 0) is 4.79 Å². The lowest BCUT2D eigenvalue weighted by Gasteiger charge is -2.14. The van der Waals surface area contributed by atoms with Gasteiger partial charge in [0.1, 0.15) is 12.1 Å². The van der Waals surface area contributed by atoms with E-state index in [-0.39, 0.29) is 13.0 Å². The van der Waals surface area contributed by atoms with Gasteiger partial charge in [-0.25, -0.2) is 0 Å². The number of hydrogen-bond acceptors (Lipinski definition) is 3. The molecule has 0 fully saturated rings. The maximum Gasteiger partial charge on any atom is 0.324 e. The molecular weight excluding hydrogens is 182 g/mol. The van der Waals surface area contributed by atoms with Gasteiger partial charge in [0, 0.05) is 6.42 Å². The molecule has 0 aromatic rings. The van der Waals surface area contributed by atoms with Gasteiger partial charge in [-0.2, -0.15) is 0 Å². The van der Waals surface area contributed by atoms with Crippen molar-refractivity contribution in [1.29, 1.82) is 0 Å². The first-order valence-electron chi connectivity index (χ1n) is 4.11. The Bertz CT molecular complexity index is 293. The van der Waals surface area contributed by atoms with Crippen LogP contribution in [0.4, 0.5) is 0 Å². The predicted molar refractivity (Wildman–Crippen MR) is 54.8 cm³/mol. The van der Waals surface area contributed by atoms with E-state index in [4.69, 9.17) is 16.6 Å². The van der Waals surface area contributed by atoms with Crippen LogP contribution in [-0.4, -0.2) is 29.0 Å². The molecule has 1 unspecified atom stereocenters. The Morgan fingerprint density at radius 2 is 2.14 bits per heavy atom. The van der Waals surface area contributed by atoms with Gasteiger partial charge >= 0.3 is 5.97 Å². The van der Waals surface area contributed by atoms with E-state index in [9.17, 15) is 4.79 Å². The summed E-state index contributed by atoms with van der Waals surface area (Å²) < 4.78 is 0. The first-order chi connectivity index (χ1) is 6.36. The van der Waals surface area contributed by atoms with Crippen molar-refractivity contribution in [3.63, 3.8) is 0 Å². The molecule has 5 nitrogen and oxygen atoms in total. The van der Waals surface area contributed by atoms with Crippen molar-refractivity contribution < 1.29 is 9.90 Å². The van der Waals surface area contributed by atoms with Crippen molar-refractivity contribution in [2.75, 3.05) is 6.54 Å². The molecule has 0 amide bonds. The zero-order valence-corrected chi connectivity index (χ0v) is 8.37. The lowest BCUT2D eigenvalue weighted by molar-refractivity contribution is -0.142.